The quantitative estimate of drug-likeness (QED) is 0.798. The number of nitrogens with one attached hydrogen (secondary N) is 2. The average Bonchev–Trinajstić information content (AvgIpc) is 2.70. The van der Waals surface area contributed by atoms with Gasteiger partial charge in [0.05, 0.1) is 5.54 Å². The number of carbonyl (C=O) groups excluding carboxylic acids is 1. The van der Waals surface area contributed by atoms with Crippen molar-refractivity contribution < 1.29 is 4.79 Å². The number of carbonyl (C=O) groups is 1. The molecule has 1 aromatic carbocycles. The van der Waals surface area contributed by atoms with Crippen LogP contribution in [0.2, 0.25) is 0 Å². The van der Waals surface area contributed by atoms with Crippen molar-refractivity contribution in [3.8, 4) is 0 Å². The summed E-state index contributed by atoms with van der Waals surface area (Å²) in [6.07, 6.45) is 1.97. The largest absolute Gasteiger partial charge is 0.324 e. The fraction of sp³-hybridized carbons (Fsp3) is 0.462. The predicted octanol–water partition coefficient (Wildman–Crippen LogP) is 2.08. The highest BCUT2D eigenvalue weighted by molar-refractivity contribution is 5.98. The van der Waals surface area contributed by atoms with E-state index in [0.29, 0.717) is 0 Å². The standard InChI is InChI=1S/C13H18N2O/c1-10-6-3-4-7-11(10)15-12(16)13(2)8-5-9-14-13/h3-4,6-7,14H,5,8-9H2,1-2H3,(H,15,16). The van der Waals surface area contributed by atoms with E-state index in [1.54, 1.807) is 0 Å². The molecule has 0 radical (unpaired) electrons. The highest BCUT2D eigenvalue weighted by Gasteiger charge is 2.35. The molecule has 1 aliphatic heterocycles. The summed E-state index contributed by atoms with van der Waals surface area (Å²) in [4.78, 5) is 12.1. The fourth-order valence-electron chi connectivity index (χ4n) is 2.06. The lowest BCUT2D eigenvalue weighted by Gasteiger charge is -2.23. The molecule has 16 heavy (non-hydrogen) atoms. The van der Waals surface area contributed by atoms with Crippen LogP contribution in [0.15, 0.2) is 24.3 Å². The van der Waals surface area contributed by atoms with Crippen molar-refractivity contribution in [1.82, 2.24) is 5.32 Å². The van der Waals surface area contributed by atoms with E-state index in [0.717, 1.165) is 30.6 Å². The molecule has 3 heteroatoms. The van der Waals surface area contributed by atoms with Gasteiger partial charge in [0.15, 0.2) is 0 Å². The summed E-state index contributed by atoms with van der Waals surface area (Å²) in [5.74, 6) is 0.0688. The Bertz CT molecular complexity index is 395. The van der Waals surface area contributed by atoms with Crippen LogP contribution in [0.25, 0.3) is 0 Å². The van der Waals surface area contributed by atoms with Gasteiger partial charge in [-0.3, -0.25) is 4.79 Å². The lowest BCUT2D eigenvalue weighted by atomic mass is 9.99. The van der Waals surface area contributed by atoms with Gasteiger partial charge in [-0.05, 0) is 44.9 Å². The van der Waals surface area contributed by atoms with Crippen LogP contribution < -0.4 is 10.6 Å². The molecule has 1 amide bonds. The number of hydrogen-bond acceptors (Lipinski definition) is 2. The van der Waals surface area contributed by atoms with Crippen LogP contribution in [0.3, 0.4) is 0 Å². The number of aryl methyl sites for hydroxylation is 1. The van der Waals surface area contributed by atoms with Gasteiger partial charge in [-0.1, -0.05) is 18.2 Å². The monoisotopic (exact) mass is 218 g/mol. The van der Waals surface area contributed by atoms with Gasteiger partial charge in [0.25, 0.3) is 0 Å². The van der Waals surface area contributed by atoms with Crippen molar-refractivity contribution in [2.45, 2.75) is 32.2 Å². The summed E-state index contributed by atoms with van der Waals surface area (Å²) >= 11 is 0. The normalized spacial score (nSPS) is 24.4. The van der Waals surface area contributed by atoms with E-state index in [2.05, 4.69) is 10.6 Å². The van der Waals surface area contributed by atoms with Gasteiger partial charge in [0, 0.05) is 5.69 Å². The molecule has 2 rings (SSSR count). The molecule has 0 aromatic heterocycles. The van der Waals surface area contributed by atoms with E-state index < -0.39 is 5.54 Å². The molecule has 1 atom stereocenters. The third kappa shape index (κ3) is 2.09. The molecule has 0 aliphatic carbocycles. The number of anilines is 1. The first-order chi connectivity index (χ1) is 7.62. The van der Waals surface area contributed by atoms with Crippen molar-refractivity contribution in [2.24, 2.45) is 0 Å². The SMILES string of the molecule is Cc1ccccc1NC(=O)C1(C)CCCN1. The summed E-state index contributed by atoms with van der Waals surface area (Å²) in [5, 5.41) is 6.25. The van der Waals surface area contributed by atoms with Crippen LogP contribution in [0.5, 0.6) is 0 Å². The Labute approximate surface area is 96.2 Å². The minimum absolute atomic E-state index is 0.0688. The van der Waals surface area contributed by atoms with Gasteiger partial charge in [0.2, 0.25) is 5.91 Å². The highest BCUT2D eigenvalue weighted by atomic mass is 16.2. The Morgan fingerprint density at radius 2 is 2.19 bits per heavy atom. The smallest absolute Gasteiger partial charge is 0.244 e. The second-order valence-corrected chi connectivity index (χ2v) is 4.63. The number of rotatable bonds is 2. The van der Waals surface area contributed by atoms with Gasteiger partial charge in [-0.15, -0.1) is 0 Å². The molecule has 0 bridgehead atoms. The summed E-state index contributed by atoms with van der Waals surface area (Å²) in [7, 11) is 0. The number of benzene rings is 1. The van der Waals surface area contributed by atoms with Gasteiger partial charge in [-0.25, -0.2) is 0 Å². The zero-order valence-corrected chi connectivity index (χ0v) is 9.84. The molecule has 1 fully saturated rings. The minimum atomic E-state index is -0.401. The maximum absolute atomic E-state index is 12.1. The molecule has 0 spiro atoms. The van der Waals surface area contributed by atoms with Gasteiger partial charge in [0.1, 0.15) is 0 Å². The van der Waals surface area contributed by atoms with Crippen molar-refractivity contribution in [2.75, 3.05) is 11.9 Å². The fourth-order valence-corrected chi connectivity index (χ4v) is 2.06. The van der Waals surface area contributed by atoms with E-state index in [1.807, 2.05) is 38.1 Å². The van der Waals surface area contributed by atoms with Gasteiger partial charge >= 0.3 is 0 Å². The molecule has 2 N–H and O–H groups in total. The van der Waals surface area contributed by atoms with Crippen molar-refractivity contribution in [3.63, 3.8) is 0 Å². The van der Waals surface area contributed by atoms with Crippen LogP contribution >= 0.6 is 0 Å². The molecular weight excluding hydrogens is 200 g/mol. The highest BCUT2D eigenvalue weighted by Crippen LogP contribution is 2.22. The zero-order valence-electron chi connectivity index (χ0n) is 9.84. The van der Waals surface area contributed by atoms with Crippen molar-refractivity contribution >= 4 is 11.6 Å². The summed E-state index contributed by atoms with van der Waals surface area (Å²) in [6.45, 7) is 4.89. The first-order valence-electron chi connectivity index (χ1n) is 5.74. The summed E-state index contributed by atoms with van der Waals surface area (Å²) in [6, 6.07) is 7.85. The molecule has 0 saturated carbocycles. The van der Waals surface area contributed by atoms with E-state index in [4.69, 9.17) is 0 Å². The third-order valence-corrected chi connectivity index (χ3v) is 3.26. The minimum Gasteiger partial charge on any atom is -0.324 e. The maximum atomic E-state index is 12.1. The van der Waals surface area contributed by atoms with Crippen LogP contribution in [0.4, 0.5) is 5.69 Å². The Hall–Kier alpha value is -1.35. The molecule has 3 nitrogen and oxygen atoms in total. The van der Waals surface area contributed by atoms with Crippen LogP contribution in [0, 0.1) is 6.92 Å². The Morgan fingerprint density at radius 1 is 1.44 bits per heavy atom. The van der Waals surface area contributed by atoms with Crippen LogP contribution in [0.1, 0.15) is 25.3 Å². The van der Waals surface area contributed by atoms with Crippen molar-refractivity contribution in [3.05, 3.63) is 29.8 Å². The van der Waals surface area contributed by atoms with E-state index >= 15 is 0 Å². The second-order valence-electron chi connectivity index (χ2n) is 4.63. The first-order valence-corrected chi connectivity index (χ1v) is 5.74. The predicted molar refractivity (Wildman–Crippen MR) is 65.5 cm³/mol. The van der Waals surface area contributed by atoms with E-state index in [1.165, 1.54) is 0 Å². The van der Waals surface area contributed by atoms with Crippen molar-refractivity contribution in [1.29, 1.82) is 0 Å². The van der Waals surface area contributed by atoms with E-state index in [9.17, 15) is 4.79 Å². The molecule has 1 aromatic rings. The Balaban J connectivity index is 2.10. The zero-order chi connectivity index (χ0) is 11.6. The Kier molecular flexibility index (Phi) is 2.97. The average molecular weight is 218 g/mol. The molecule has 1 heterocycles. The van der Waals surface area contributed by atoms with Crippen LogP contribution in [-0.4, -0.2) is 18.0 Å². The molecule has 86 valence electrons. The lowest BCUT2D eigenvalue weighted by Crippen LogP contribution is -2.48. The molecule has 1 unspecified atom stereocenters. The summed E-state index contributed by atoms with van der Waals surface area (Å²) < 4.78 is 0. The van der Waals surface area contributed by atoms with Gasteiger partial charge in [-0.2, -0.15) is 0 Å². The number of amides is 1. The molecule has 1 aliphatic rings. The number of hydrogen-bond donors (Lipinski definition) is 2. The summed E-state index contributed by atoms with van der Waals surface area (Å²) in [5.41, 5.74) is 1.60. The topological polar surface area (TPSA) is 41.1 Å². The van der Waals surface area contributed by atoms with Gasteiger partial charge < -0.3 is 10.6 Å². The first kappa shape index (κ1) is 11.1. The van der Waals surface area contributed by atoms with Crippen LogP contribution in [-0.2, 0) is 4.79 Å². The molecular formula is C13H18N2O. The maximum Gasteiger partial charge on any atom is 0.244 e. The lowest BCUT2D eigenvalue weighted by molar-refractivity contribution is -0.121. The Morgan fingerprint density at radius 3 is 2.81 bits per heavy atom. The second kappa shape index (κ2) is 4.26. The molecule has 1 saturated heterocycles. The van der Waals surface area contributed by atoms with E-state index in [-0.39, 0.29) is 5.91 Å². The number of para-hydroxylation sites is 1. The third-order valence-electron chi connectivity index (χ3n) is 3.26.